The number of hydrogen-bond acceptors (Lipinski definition) is 3. The minimum absolute atomic E-state index is 0.0995. The fourth-order valence-corrected chi connectivity index (χ4v) is 7.43. The van der Waals surface area contributed by atoms with E-state index in [1.807, 2.05) is 0 Å². The Balaban J connectivity index is 2.04. The highest BCUT2D eigenvalue weighted by atomic mass is 16.3. The van der Waals surface area contributed by atoms with Crippen molar-refractivity contribution in [1.29, 1.82) is 0 Å². The van der Waals surface area contributed by atoms with Crippen molar-refractivity contribution in [3.05, 3.63) is 70.5 Å². The van der Waals surface area contributed by atoms with Crippen molar-refractivity contribution in [1.82, 2.24) is 0 Å². The summed E-state index contributed by atoms with van der Waals surface area (Å²) in [4.78, 5) is 0. The van der Waals surface area contributed by atoms with Gasteiger partial charge in [-0.2, -0.15) is 0 Å². The monoisotopic (exact) mass is 550 g/mol. The first-order chi connectivity index (χ1) is 17.9. The van der Waals surface area contributed by atoms with Gasteiger partial charge >= 0.3 is 0 Å². The van der Waals surface area contributed by atoms with Crippen molar-refractivity contribution < 1.29 is 15.3 Å². The molecular weight excluding hydrogens is 492 g/mol. The third-order valence-corrected chi connectivity index (χ3v) is 10.2. The molecule has 0 aliphatic heterocycles. The lowest BCUT2D eigenvalue weighted by Gasteiger charge is -2.51. The van der Waals surface area contributed by atoms with Gasteiger partial charge in [0.05, 0.1) is 17.3 Å². The zero-order chi connectivity index (χ0) is 30.7. The smallest absolute Gasteiger partial charge is 0.0968 e. The lowest BCUT2D eigenvalue weighted by Crippen LogP contribution is -2.43. The van der Waals surface area contributed by atoms with E-state index in [-0.39, 0.29) is 44.3 Å². The molecule has 0 saturated heterocycles. The van der Waals surface area contributed by atoms with E-state index >= 15 is 0 Å². The van der Waals surface area contributed by atoms with E-state index < -0.39 is 0 Å². The van der Waals surface area contributed by atoms with Crippen LogP contribution in [0.1, 0.15) is 116 Å². The van der Waals surface area contributed by atoms with Gasteiger partial charge in [0, 0.05) is 19.3 Å². The lowest BCUT2D eigenvalue weighted by atomic mass is 9.53. The standard InChI is InChI=1S/C37H58O3/c1-24(35(11)17-14-25(28(38)21-35)32(2,3)4)20-31(36(12)18-15-26(29(39)22-36)33(5,6)7)37(13)19-16-27(30(40)23-37)34(8,9)10/h14-19,24,31,38-40H,20-23H2,1-13H3. The van der Waals surface area contributed by atoms with Gasteiger partial charge in [-0.1, -0.05) is 126 Å². The predicted octanol–water partition coefficient (Wildman–Crippen LogP) is 11.1. The second-order valence-electron chi connectivity index (χ2n) is 17.1. The van der Waals surface area contributed by atoms with Gasteiger partial charge in [0.25, 0.3) is 0 Å². The van der Waals surface area contributed by atoms with E-state index in [9.17, 15) is 15.3 Å². The van der Waals surface area contributed by atoms with E-state index in [2.05, 4.69) is 126 Å². The molecule has 3 N–H and O–H groups in total. The Bertz CT molecular complexity index is 1120. The summed E-state index contributed by atoms with van der Waals surface area (Å²) in [6.07, 6.45) is 16.1. The van der Waals surface area contributed by atoms with Gasteiger partial charge in [0.1, 0.15) is 0 Å². The Morgan fingerprint density at radius 3 is 1.12 bits per heavy atom. The molecule has 0 aromatic carbocycles. The molecule has 0 heterocycles. The van der Waals surface area contributed by atoms with Crippen LogP contribution in [-0.4, -0.2) is 15.3 Å². The Kier molecular flexibility index (Phi) is 8.32. The summed E-state index contributed by atoms with van der Waals surface area (Å²) >= 11 is 0. The highest BCUT2D eigenvalue weighted by Crippen LogP contribution is 2.58. The summed E-state index contributed by atoms with van der Waals surface area (Å²) in [6, 6.07) is 0. The number of rotatable bonds is 5. The largest absolute Gasteiger partial charge is 0.512 e. The summed E-state index contributed by atoms with van der Waals surface area (Å²) < 4.78 is 0. The number of aliphatic hydroxyl groups excluding tert-OH is 3. The second-order valence-corrected chi connectivity index (χ2v) is 17.1. The van der Waals surface area contributed by atoms with Crippen molar-refractivity contribution in [3.63, 3.8) is 0 Å². The van der Waals surface area contributed by atoms with Gasteiger partial charge in [-0.05, 0) is 67.5 Å². The van der Waals surface area contributed by atoms with Gasteiger partial charge in [0.15, 0.2) is 0 Å². The number of allylic oxidation sites excluding steroid dienone is 12. The van der Waals surface area contributed by atoms with E-state index in [1.165, 1.54) is 0 Å². The fraction of sp³-hybridized carbons (Fsp3) is 0.676. The van der Waals surface area contributed by atoms with E-state index in [0.717, 1.165) is 23.1 Å². The highest BCUT2D eigenvalue weighted by molar-refractivity contribution is 5.38. The maximum atomic E-state index is 11.3. The minimum Gasteiger partial charge on any atom is -0.512 e. The molecule has 0 bridgehead atoms. The molecule has 0 fully saturated rings. The molecule has 3 heteroatoms. The second kappa shape index (κ2) is 10.3. The Hall–Kier alpha value is -2.16. The fourth-order valence-electron chi connectivity index (χ4n) is 7.43. The van der Waals surface area contributed by atoms with E-state index in [4.69, 9.17) is 0 Å². The minimum atomic E-state index is -0.297. The molecule has 3 rings (SSSR count). The normalized spacial score (nSPS) is 31.7. The average Bonchev–Trinajstić information content (AvgIpc) is 2.74. The van der Waals surface area contributed by atoms with Crippen LogP contribution in [0, 0.1) is 44.3 Å². The SMILES string of the molecule is CC(CC(C1(C)C=CC(C(C)(C)C)=C(O)C1)C1(C)C=CC(C(C)(C)C)=C(O)C1)C1(C)C=CC(C(C)(C)C)=C(O)C1. The van der Waals surface area contributed by atoms with Crippen molar-refractivity contribution >= 4 is 0 Å². The molecule has 0 spiro atoms. The molecule has 0 amide bonds. The van der Waals surface area contributed by atoms with Crippen molar-refractivity contribution in [2.24, 2.45) is 44.3 Å². The molecule has 4 atom stereocenters. The van der Waals surface area contributed by atoms with Crippen LogP contribution in [0.4, 0.5) is 0 Å². The van der Waals surface area contributed by atoms with Crippen LogP contribution in [0.2, 0.25) is 0 Å². The molecule has 0 radical (unpaired) electrons. The van der Waals surface area contributed by atoms with Crippen LogP contribution >= 0.6 is 0 Å². The van der Waals surface area contributed by atoms with Gasteiger partial charge in [-0.25, -0.2) is 0 Å². The molecule has 40 heavy (non-hydrogen) atoms. The van der Waals surface area contributed by atoms with Crippen LogP contribution in [0.15, 0.2) is 70.5 Å². The predicted molar refractivity (Wildman–Crippen MR) is 170 cm³/mol. The summed E-state index contributed by atoms with van der Waals surface area (Å²) in [7, 11) is 0. The quantitative estimate of drug-likeness (QED) is 0.319. The molecule has 0 aromatic rings. The zero-order valence-corrected chi connectivity index (χ0v) is 27.8. The molecule has 4 unspecified atom stereocenters. The van der Waals surface area contributed by atoms with Crippen LogP contribution in [0.5, 0.6) is 0 Å². The molecule has 3 aliphatic carbocycles. The lowest BCUT2D eigenvalue weighted by molar-refractivity contribution is 0.0504. The van der Waals surface area contributed by atoms with Crippen LogP contribution in [0.25, 0.3) is 0 Å². The molecule has 0 saturated carbocycles. The first kappa shape index (κ1) is 32.4. The van der Waals surface area contributed by atoms with Gasteiger partial charge in [-0.3, -0.25) is 0 Å². The first-order valence-electron chi connectivity index (χ1n) is 15.3. The zero-order valence-electron chi connectivity index (χ0n) is 27.8. The Morgan fingerprint density at radius 1 is 0.575 bits per heavy atom. The first-order valence-corrected chi connectivity index (χ1v) is 15.3. The third kappa shape index (κ3) is 6.34. The number of aliphatic hydroxyl groups is 3. The molecule has 3 aliphatic rings. The highest BCUT2D eigenvalue weighted by Gasteiger charge is 2.49. The van der Waals surface area contributed by atoms with Gasteiger partial charge in [-0.15, -0.1) is 0 Å². The molecular formula is C37H58O3. The van der Waals surface area contributed by atoms with Crippen LogP contribution < -0.4 is 0 Å². The number of hydrogen-bond donors (Lipinski definition) is 3. The topological polar surface area (TPSA) is 60.7 Å². The molecule has 224 valence electrons. The molecule has 3 nitrogen and oxygen atoms in total. The van der Waals surface area contributed by atoms with Crippen molar-refractivity contribution in [2.45, 2.75) is 116 Å². The third-order valence-electron chi connectivity index (χ3n) is 10.2. The van der Waals surface area contributed by atoms with Crippen LogP contribution in [-0.2, 0) is 0 Å². The average molecular weight is 551 g/mol. The molecule has 0 aromatic heterocycles. The van der Waals surface area contributed by atoms with E-state index in [0.29, 0.717) is 36.5 Å². The van der Waals surface area contributed by atoms with E-state index in [1.54, 1.807) is 0 Å². The van der Waals surface area contributed by atoms with Crippen LogP contribution in [0.3, 0.4) is 0 Å². The van der Waals surface area contributed by atoms with Gasteiger partial charge < -0.3 is 15.3 Å². The van der Waals surface area contributed by atoms with Crippen molar-refractivity contribution in [2.75, 3.05) is 0 Å². The summed E-state index contributed by atoms with van der Waals surface area (Å²) in [5.41, 5.74) is 1.89. The maximum Gasteiger partial charge on any atom is 0.0968 e. The van der Waals surface area contributed by atoms with Gasteiger partial charge in [0.2, 0.25) is 0 Å². The van der Waals surface area contributed by atoms with Crippen molar-refractivity contribution in [3.8, 4) is 0 Å². The maximum absolute atomic E-state index is 11.3. The summed E-state index contributed by atoms with van der Waals surface area (Å²) in [5.74, 6) is 1.87. The summed E-state index contributed by atoms with van der Waals surface area (Å²) in [5, 5.41) is 33.8. The summed E-state index contributed by atoms with van der Waals surface area (Å²) in [6.45, 7) is 28.5. The Morgan fingerprint density at radius 2 is 0.850 bits per heavy atom. The Labute approximate surface area is 245 Å².